The third kappa shape index (κ3) is 7.43. The van der Waals surface area contributed by atoms with Crippen molar-refractivity contribution >= 4 is 41.3 Å². The molecule has 8 heavy (non-hydrogen) atoms. The van der Waals surface area contributed by atoms with E-state index in [-0.39, 0.29) is 0 Å². The van der Waals surface area contributed by atoms with Crippen LogP contribution in [0.2, 0.25) is 12.6 Å². The largest absolute Gasteiger partial charge is 0.193 e. The molecule has 0 heterocycles. The molecule has 0 saturated heterocycles. The Hall–Kier alpha value is 1.43. The minimum Gasteiger partial charge on any atom is -0.112 e. The molecule has 0 rings (SSSR count). The van der Waals surface area contributed by atoms with Crippen LogP contribution in [-0.4, -0.2) is 4.19 Å². The normalized spacial score (nSPS) is 18.0. The molecular weight excluding hydrogens is 295 g/mol. The number of halogens is 2. The molecule has 0 amide bonds. The van der Waals surface area contributed by atoms with Crippen LogP contribution >= 0.6 is 37.1 Å². The first-order valence-electron chi connectivity index (χ1n) is 2.94. The molecule has 0 aliphatic heterocycles. The van der Waals surface area contributed by atoms with Crippen LogP contribution in [0, 0.1) is 0 Å². The molecule has 0 nitrogen and oxygen atoms in total. The van der Waals surface area contributed by atoms with Gasteiger partial charge in [0.25, 0.3) is 0 Å². The van der Waals surface area contributed by atoms with Crippen LogP contribution in [0.3, 0.4) is 0 Å². The van der Waals surface area contributed by atoms with Crippen molar-refractivity contribution in [3.63, 3.8) is 0 Å². The van der Waals surface area contributed by atoms with Crippen molar-refractivity contribution < 1.29 is 0 Å². The van der Waals surface area contributed by atoms with E-state index in [0.29, 0.717) is 0 Å². The van der Waals surface area contributed by atoms with Crippen LogP contribution in [0.15, 0.2) is 0 Å². The van der Waals surface area contributed by atoms with Gasteiger partial charge in [0.15, 0.2) is 4.19 Å². The summed E-state index contributed by atoms with van der Waals surface area (Å²) in [4.78, 5) is 0. The van der Waals surface area contributed by atoms with Crippen molar-refractivity contribution in [3.8, 4) is 0 Å². The fraction of sp³-hybridized carbons (Fsp3) is 1.00. The van der Waals surface area contributed by atoms with E-state index >= 15 is 0 Å². The van der Waals surface area contributed by atoms with E-state index in [9.17, 15) is 0 Å². The first kappa shape index (κ1) is 9.43. The Bertz CT molecular complexity index is 59.9. The molecule has 0 aromatic heterocycles. The van der Waals surface area contributed by atoms with Crippen molar-refractivity contribution in [2.24, 2.45) is 0 Å². The highest BCUT2D eigenvalue weighted by molar-refractivity contribution is 14.1. The second kappa shape index (κ2) is 4.28. The fourth-order valence-corrected chi connectivity index (χ4v) is 3.45. The molecule has 50 valence electrons. The lowest BCUT2D eigenvalue weighted by Gasteiger charge is -2.08. The van der Waals surface area contributed by atoms with Crippen LogP contribution in [-0.2, 0) is 0 Å². The van der Waals surface area contributed by atoms with E-state index < -0.39 is 4.19 Å². The zero-order valence-corrected chi connectivity index (χ0v) is 10.1. The summed E-state index contributed by atoms with van der Waals surface area (Å²) in [7, 11) is 0. The SMILES string of the molecule is CCCC[Si](C)(Br)I. The van der Waals surface area contributed by atoms with Crippen molar-refractivity contribution in [1.82, 2.24) is 0 Å². The Morgan fingerprint density at radius 2 is 2.12 bits per heavy atom. The lowest BCUT2D eigenvalue weighted by atomic mass is 10.4. The molecule has 0 aliphatic carbocycles. The summed E-state index contributed by atoms with van der Waals surface area (Å²) < 4.78 is -0.896. The summed E-state index contributed by atoms with van der Waals surface area (Å²) in [5.74, 6) is 0. The predicted molar refractivity (Wildman–Crippen MR) is 54.3 cm³/mol. The minimum atomic E-state index is -0.896. The zero-order chi connectivity index (χ0) is 6.62. The quantitative estimate of drug-likeness (QED) is 0.424. The number of rotatable bonds is 3. The van der Waals surface area contributed by atoms with Crippen LogP contribution in [0.4, 0.5) is 0 Å². The molecule has 0 N–H and O–H groups in total. The maximum atomic E-state index is 3.71. The summed E-state index contributed by atoms with van der Waals surface area (Å²) in [5, 5.41) is 0. The van der Waals surface area contributed by atoms with Gasteiger partial charge in [0, 0.05) is 0 Å². The first-order valence-corrected chi connectivity index (χ1v) is 11.0. The summed E-state index contributed by atoms with van der Waals surface area (Å²) in [6, 6.07) is 1.41. The Labute approximate surface area is 73.2 Å². The van der Waals surface area contributed by atoms with E-state index in [4.69, 9.17) is 0 Å². The van der Waals surface area contributed by atoms with Gasteiger partial charge in [-0.25, -0.2) is 0 Å². The number of hydrogen-bond donors (Lipinski definition) is 0. The maximum Gasteiger partial charge on any atom is 0.193 e. The second-order valence-electron chi connectivity index (χ2n) is 2.17. The van der Waals surface area contributed by atoms with Gasteiger partial charge < -0.3 is 0 Å². The van der Waals surface area contributed by atoms with Crippen molar-refractivity contribution in [1.29, 1.82) is 0 Å². The van der Waals surface area contributed by atoms with Gasteiger partial charge >= 0.3 is 0 Å². The highest BCUT2D eigenvalue weighted by Gasteiger charge is 2.16. The van der Waals surface area contributed by atoms with Crippen molar-refractivity contribution in [3.05, 3.63) is 0 Å². The zero-order valence-electron chi connectivity index (χ0n) is 5.38. The van der Waals surface area contributed by atoms with Crippen molar-refractivity contribution in [2.45, 2.75) is 32.4 Å². The highest BCUT2D eigenvalue weighted by Crippen LogP contribution is 2.27. The fourth-order valence-electron chi connectivity index (χ4n) is 0.487. The van der Waals surface area contributed by atoms with Crippen LogP contribution < -0.4 is 0 Å². The van der Waals surface area contributed by atoms with Gasteiger partial charge in [-0.3, -0.25) is 0 Å². The highest BCUT2D eigenvalue weighted by atomic mass is 127. The number of hydrogen-bond acceptors (Lipinski definition) is 0. The minimum absolute atomic E-state index is 0.896. The standard InChI is InChI=1S/C5H12BrISi/c1-3-4-5-8(2,6)7/h3-5H2,1-2H3. The van der Waals surface area contributed by atoms with Crippen LogP contribution in [0.5, 0.6) is 0 Å². The third-order valence-electron chi connectivity index (χ3n) is 0.969. The molecule has 0 fully saturated rings. The molecule has 0 spiro atoms. The Morgan fingerprint density at radius 3 is 2.25 bits per heavy atom. The average molecular weight is 307 g/mol. The first-order chi connectivity index (χ1) is 3.56. The molecular formula is C5H12BrISi. The molecule has 0 radical (unpaired) electrons. The van der Waals surface area contributed by atoms with Gasteiger partial charge in [-0.15, -0.1) is 37.1 Å². The summed E-state index contributed by atoms with van der Waals surface area (Å²) in [6.45, 7) is 4.58. The van der Waals surface area contributed by atoms with Gasteiger partial charge in [-0.05, 0) is 6.04 Å². The topological polar surface area (TPSA) is 0 Å². The number of unbranched alkanes of at least 4 members (excludes halogenated alkanes) is 1. The van der Waals surface area contributed by atoms with Crippen LogP contribution in [0.1, 0.15) is 19.8 Å². The van der Waals surface area contributed by atoms with Gasteiger partial charge in [-0.1, -0.05) is 26.3 Å². The van der Waals surface area contributed by atoms with E-state index in [1.807, 2.05) is 0 Å². The Balaban J connectivity index is 3.11. The summed E-state index contributed by atoms with van der Waals surface area (Å²) >= 11 is 6.26. The molecule has 0 bridgehead atoms. The smallest absolute Gasteiger partial charge is 0.112 e. The van der Waals surface area contributed by atoms with E-state index in [0.717, 1.165) is 0 Å². The molecule has 0 aromatic carbocycles. The van der Waals surface area contributed by atoms with Gasteiger partial charge in [-0.2, -0.15) is 0 Å². The van der Waals surface area contributed by atoms with E-state index in [1.54, 1.807) is 0 Å². The maximum absolute atomic E-state index is 3.71. The lowest BCUT2D eigenvalue weighted by Crippen LogP contribution is -2.08. The molecule has 0 aromatic rings. The monoisotopic (exact) mass is 306 g/mol. The van der Waals surface area contributed by atoms with Crippen LogP contribution in [0.25, 0.3) is 0 Å². The van der Waals surface area contributed by atoms with Crippen molar-refractivity contribution in [2.75, 3.05) is 0 Å². The Morgan fingerprint density at radius 1 is 1.62 bits per heavy atom. The van der Waals surface area contributed by atoms with Gasteiger partial charge in [0.05, 0.1) is 0 Å². The summed E-state index contributed by atoms with van der Waals surface area (Å²) in [5.41, 5.74) is 0. The average Bonchev–Trinajstić information content (AvgIpc) is 1.59. The second-order valence-corrected chi connectivity index (χ2v) is 21.7. The molecule has 1 atom stereocenters. The molecule has 1 unspecified atom stereocenters. The van der Waals surface area contributed by atoms with Gasteiger partial charge in [0.2, 0.25) is 0 Å². The molecule has 3 heteroatoms. The summed E-state index contributed by atoms with van der Waals surface area (Å²) in [6.07, 6.45) is 2.72. The third-order valence-corrected chi connectivity index (χ3v) is 5.01. The predicted octanol–water partition coefficient (Wildman–Crippen LogP) is 3.69. The lowest BCUT2D eigenvalue weighted by molar-refractivity contribution is 0.878. The molecule has 0 saturated carbocycles. The van der Waals surface area contributed by atoms with Gasteiger partial charge in [0.1, 0.15) is 0 Å². The molecule has 0 aliphatic rings. The van der Waals surface area contributed by atoms with E-state index in [2.05, 4.69) is 50.6 Å². The van der Waals surface area contributed by atoms with E-state index in [1.165, 1.54) is 18.9 Å². The Kier molecular flexibility index (Phi) is 5.04.